The summed E-state index contributed by atoms with van der Waals surface area (Å²) in [4.78, 5) is 12.4. The lowest BCUT2D eigenvalue weighted by atomic mass is 10.1. The van der Waals surface area contributed by atoms with Crippen LogP contribution < -0.4 is 10.1 Å². The third-order valence-electron chi connectivity index (χ3n) is 3.57. The second-order valence-corrected chi connectivity index (χ2v) is 6.27. The van der Waals surface area contributed by atoms with Gasteiger partial charge in [-0.3, -0.25) is 4.79 Å². The zero-order valence-corrected chi connectivity index (χ0v) is 15.8. The van der Waals surface area contributed by atoms with Crippen LogP contribution in [0.25, 0.3) is 6.08 Å². The lowest BCUT2D eigenvalue weighted by Crippen LogP contribution is -2.13. The third kappa shape index (κ3) is 5.24. The van der Waals surface area contributed by atoms with Crippen molar-refractivity contribution in [1.82, 2.24) is 0 Å². The van der Waals surface area contributed by atoms with E-state index >= 15 is 0 Å². The maximum atomic E-state index is 12.4. The summed E-state index contributed by atoms with van der Waals surface area (Å²) in [6, 6.07) is 14.7. The number of carbonyl (C=O) groups is 1. The maximum absolute atomic E-state index is 12.4. The first-order valence-corrected chi connectivity index (χ1v) is 8.74. The summed E-state index contributed by atoms with van der Waals surface area (Å²) >= 11 is 3.37. The molecular weight excluding hydrogens is 392 g/mol. The summed E-state index contributed by atoms with van der Waals surface area (Å²) in [5.74, 6) is 2.40. The van der Waals surface area contributed by atoms with Gasteiger partial charge in [-0.1, -0.05) is 40.9 Å². The highest BCUT2D eigenvalue weighted by molar-refractivity contribution is 9.10. The fourth-order valence-corrected chi connectivity index (χ4v) is 2.59. The molecule has 0 atom stereocenters. The van der Waals surface area contributed by atoms with Crippen molar-refractivity contribution in [1.29, 1.82) is 5.26 Å². The molecule has 26 heavy (non-hydrogen) atoms. The van der Waals surface area contributed by atoms with Gasteiger partial charge in [0.1, 0.15) is 24.0 Å². The van der Waals surface area contributed by atoms with Crippen molar-refractivity contribution in [2.24, 2.45) is 0 Å². The first kappa shape index (κ1) is 19.3. The number of hydrogen-bond donors (Lipinski definition) is 1. The minimum absolute atomic E-state index is 0.0341. The van der Waals surface area contributed by atoms with E-state index in [0.717, 1.165) is 10.9 Å². The molecular formula is C21H17BrN2O2. The summed E-state index contributed by atoms with van der Waals surface area (Å²) < 4.78 is 6.26. The Bertz CT molecular complexity index is 903. The number of hydrogen-bond acceptors (Lipinski definition) is 3. The molecule has 0 aliphatic carbocycles. The molecule has 1 N–H and O–H groups in total. The number of terminal acetylenes is 1. The number of ether oxygens (including phenoxy) is 1. The summed E-state index contributed by atoms with van der Waals surface area (Å²) in [5.41, 5.74) is 2.35. The molecule has 2 aromatic rings. The van der Waals surface area contributed by atoms with E-state index in [4.69, 9.17) is 11.2 Å². The van der Waals surface area contributed by atoms with Crippen molar-refractivity contribution in [2.75, 3.05) is 11.9 Å². The van der Waals surface area contributed by atoms with Gasteiger partial charge < -0.3 is 10.1 Å². The van der Waals surface area contributed by atoms with Crippen molar-refractivity contribution >= 4 is 33.6 Å². The molecule has 0 saturated heterocycles. The fourth-order valence-electron chi connectivity index (χ4n) is 2.21. The minimum Gasteiger partial charge on any atom is -0.480 e. The number of benzene rings is 2. The van der Waals surface area contributed by atoms with Gasteiger partial charge in [-0.05, 0) is 48.4 Å². The highest BCUT2D eigenvalue weighted by Gasteiger charge is 2.12. The molecule has 0 saturated carbocycles. The normalized spacial score (nSPS) is 10.5. The topological polar surface area (TPSA) is 62.1 Å². The summed E-state index contributed by atoms with van der Waals surface area (Å²) in [6.07, 6.45) is 7.62. The summed E-state index contributed by atoms with van der Waals surface area (Å²) in [6.45, 7) is 2.16. The van der Waals surface area contributed by atoms with Gasteiger partial charge in [-0.15, -0.1) is 6.42 Å². The van der Waals surface area contributed by atoms with Gasteiger partial charge in [-0.2, -0.15) is 5.26 Å². The number of nitriles is 1. The van der Waals surface area contributed by atoms with E-state index in [1.165, 1.54) is 11.6 Å². The van der Waals surface area contributed by atoms with Crippen LogP contribution in [0.1, 0.15) is 18.1 Å². The predicted octanol–water partition coefficient (Wildman–Crippen LogP) is 4.57. The SMILES string of the molecule is C#CCOc1ccc(Br)cc1/C=C(\C#N)C(=O)Nc1ccc(CC)cc1. The number of nitrogens with one attached hydrogen (secondary N) is 1. The van der Waals surface area contributed by atoms with Gasteiger partial charge in [0.05, 0.1) is 0 Å². The zero-order valence-electron chi connectivity index (χ0n) is 14.3. The van der Waals surface area contributed by atoms with E-state index in [1.54, 1.807) is 18.2 Å². The number of carbonyl (C=O) groups excluding carboxylic acids is 1. The summed E-state index contributed by atoms with van der Waals surface area (Å²) in [5, 5.41) is 12.1. The molecule has 0 spiro atoms. The van der Waals surface area contributed by atoms with Crippen LogP contribution in [-0.4, -0.2) is 12.5 Å². The van der Waals surface area contributed by atoms with Crippen molar-refractivity contribution in [2.45, 2.75) is 13.3 Å². The van der Waals surface area contributed by atoms with E-state index in [9.17, 15) is 10.1 Å². The first-order chi connectivity index (χ1) is 12.6. The van der Waals surface area contributed by atoms with Crippen molar-refractivity contribution in [3.05, 3.63) is 63.6 Å². The molecule has 0 fully saturated rings. The van der Waals surface area contributed by atoms with E-state index < -0.39 is 5.91 Å². The molecule has 0 heterocycles. The largest absolute Gasteiger partial charge is 0.480 e. The predicted molar refractivity (Wildman–Crippen MR) is 107 cm³/mol. The van der Waals surface area contributed by atoms with Crippen LogP contribution >= 0.6 is 15.9 Å². The van der Waals surface area contributed by atoms with Crippen LogP contribution in [-0.2, 0) is 11.2 Å². The van der Waals surface area contributed by atoms with Crippen LogP contribution in [0.5, 0.6) is 5.75 Å². The van der Waals surface area contributed by atoms with Gasteiger partial charge in [-0.25, -0.2) is 0 Å². The quantitative estimate of drug-likeness (QED) is 0.432. The lowest BCUT2D eigenvalue weighted by molar-refractivity contribution is -0.112. The second kappa shape index (κ2) is 9.46. The summed E-state index contributed by atoms with van der Waals surface area (Å²) in [7, 11) is 0. The standard InChI is InChI=1S/C21H17BrN2O2/c1-3-11-26-20-10-7-18(22)13-16(20)12-17(14-23)21(25)24-19-8-5-15(4-2)6-9-19/h1,5-10,12-13H,4,11H2,2H3,(H,24,25)/b17-12+. The molecule has 0 unspecified atom stereocenters. The van der Waals surface area contributed by atoms with Crippen LogP contribution in [0.3, 0.4) is 0 Å². The molecule has 4 nitrogen and oxygen atoms in total. The van der Waals surface area contributed by atoms with Crippen molar-refractivity contribution in [3.8, 4) is 24.2 Å². The Morgan fingerprint density at radius 3 is 2.65 bits per heavy atom. The highest BCUT2D eigenvalue weighted by atomic mass is 79.9. The molecule has 0 aromatic heterocycles. The second-order valence-electron chi connectivity index (χ2n) is 5.35. The van der Waals surface area contributed by atoms with Gasteiger partial charge in [0.15, 0.2) is 0 Å². The highest BCUT2D eigenvalue weighted by Crippen LogP contribution is 2.26. The Labute approximate surface area is 161 Å². The van der Waals surface area contributed by atoms with Gasteiger partial charge in [0.2, 0.25) is 0 Å². The zero-order chi connectivity index (χ0) is 18.9. The average molecular weight is 409 g/mol. The molecule has 0 radical (unpaired) electrons. The molecule has 0 aliphatic heterocycles. The van der Waals surface area contributed by atoms with Crippen LogP contribution in [0.2, 0.25) is 0 Å². The number of aryl methyl sites for hydroxylation is 1. The molecule has 0 aliphatic rings. The monoisotopic (exact) mass is 408 g/mol. The Kier molecular flexibility index (Phi) is 7.02. The maximum Gasteiger partial charge on any atom is 0.266 e. The number of anilines is 1. The number of amides is 1. The Balaban J connectivity index is 2.26. The van der Waals surface area contributed by atoms with Gasteiger partial charge in [0.25, 0.3) is 5.91 Å². The number of nitrogens with zero attached hydrogens (tertiary/aromatic N) is 1. The van der Waals surface area contributed by atoms with E-state index in [0.29, 0.717) is 17.0 Å². The van der Waals surface area contributed by atoms with Crippen LogP contribution in [0.4, 0.5) is 5.69 Å². The number of rotatable bonds is 6. The average Bonchev–Trinajstić information content (AvgIpc) is 2.65. The van der Waals surface area contributed by atoms with Crippen LogP contribution in [0, 0.1) is 23.7 Å². The lowest BCUT2D eigenvalue weighted by Gasteiger charge is -2.09. The molecule has 0 bridgehead atoms. The van der Waals surface area contributed by atoms with Crippen molar-refractivity contribution in [3.63, 3.8) is 0 Å². The molecule has 2 rings (SSSR count). The fraction of sp³-hybridized carbons (Fsp3) is 0.143. The molecule has 130 valence electrons. The molecule has 1 amide bonds. The van der Waals surface area contributed by atoms with E-state index in [-0.39, 0.29) is 12.2 Å². The smallest absolute Gasteiger partial charge is 0.266 e. The van der Waals surface area contributed by atoms with E-state index in [1.807, 2.05) is 30.3 Å². The third-order valence-corrected chi connectivity index (χ3v) is 4.06. The Morgan fingerprint density at radius 2 is 2.04 bits per heavy atom. The Hall–Kier alpha value is -3.02. The van der Waals surface area contributed by atoms with Crippen LogP contribution in [0.15, 0.2) is 52.5 Å². The molecule has 5 heteroatoms. The van der Waals surface area contributed by atoms with E-state index in [2.05, 4.69) is 34.1 Å². The van der Waals surface area contributed by atoms with Crippen molar-refractivity contribution < 1.29 is 9.53 Å². The molecule has 2 aromatic carbocycles. The first-order valence-electron chi connectivity index (χ1n) is 7.95. The van der Waals surface area contributed by atoms with Gasteiger partial charge >= 0.3 is 0 Å². The number of halogens is 1. The minimum atomic E-state index is -0.486. The Morgan fingerprint density at radius 1 is 1.31 bits per heavy atom. The van der Waals surface area contributed by atoms with Gasteiger partial charge in [0, 0.05) is 15.7 Å².